The van der Waals surface area contributed by atoms with Gasteiger partial charge in [-0.2, -0.15) is 0 Å². The van der Waals surface area contributed by atoms with Crippen molar-refractivity contribution in [2.24, 2.45) is 4.99 Å². The van der Waals surface area contributed by atoms with Gasteiger partial charge in [-0.3, -0.25) is 14.7 Å². The van der Waals surface area contributed by atoms with Gasteiger partial charge in [0.1, 0.15) is 0 Å². The van der Waals surface area contributed by atoms with Crippen LogP contribution in [-0.2, 0) is 11.3 Å². The molecule has 0 spiro atoms. The molecule has 0 radical (unpaired) electrons. The Morgan fingerprint density at radius 3 is 2.38 bits per heavy atom. The Hall–Kier alpha value is -2.60. The van der Waals surface area contributed by atoms with Gasteiger partial charge in [-0.05, 0) is 35.2 Å². The van der Waals surface area contributed by atoms with Crippen LogP contribution < -0.4 is 5.32 Å². The largest absolute Gasteiger partial charge is 0.352 e. The number of rotatable bonds is 4. The lowest BCUT2D eigenvalue weighted by atomic mass is 10.1. The summed E-state index contributed by atoms with van der Waals surface area (Å²) in [7, 11) is 1.84. The summed E-state index contributed by atoms with van der Waals surface area (Å²) in [5.74, 6) is 1.22. The van der Waals surface area contributed by atoms with Crippen molar-refractivity contribution in [3.8, 4) is 0 Å². The maximum absolute atomic E-state index is 12.4. The zero-order valence-corrected chi connectivity index (χ0v) is 17.3. The number of carbonyl (C=O) groups is 1. The zero-order chi connectivity index (χ0) is 20.1. The third kappa shape index (κ3) is 4.88. The molecule has 0 aromatic heterocycles. The highest BCUT2D eigenvalue weighted by molar-refractivity contribution is 5.83. The lowest BCUT2D eigenvalue weighted by molar-refractivity contribution is -0.131. The van der Waals surface area contributed by atoms with Crippen molar-refractivity contribution in [3.63, 3.8) is 0 Å². The summed E-state index contributed by atoms with van der Waals surface area (Å²) in [6.45, 7) is 6.76. The molecule has 6 heteroatoms. The van der Waals surface area contributed by atoms with Crippen LogP contribution in [-0.4, -0.2) is 79.4 Å². The molecule has 4 rings (SSSR count). The van der Waals surface area contributed by atoms with Crippen LogP contribution in [0.1, 0.15) is 18.4 Å². The molecule has 2 aromatic rings. The average molecular weight is 394 g/mol. The summed E-state index contributed by atoms with van der Waals surface area (Å²) < 4.78 is 0. The minimum absolute atomic E-state index is 0.287. The van der Waals surface area contributed by atoms with Crippen LogP contribution in [0, 0.1) is 0 Å². The molecule has 0 saturated carbocycles. The number of likely N-dealkylation sites (tertiary alicyclic amines) is 1. The van der Waals surface area contributed by atoms with Gasteiger partial charge in [0, 0.05) is 52.9 Å². The first kappa shape index (κ1) is 19.7. The van der Waals surface area contributed by atoms with Crippen molar-refractivity contribution in [2.45, 2.75) is 19.4 Å². The molecule has 0 bridgehead atoms. The van der Waals surface area contributed by atoms with E-state index in [-0.39, 0.29) is 5.91 Å². The van der Waals surface area contributed by atoms with E-state index in [0.29, 0.717) is 6.54 Å². The maximum Gasteiger partial charge on any atom is 0.236 e. The lowest BCUT2D eigenvalue weighted by Crippen LogP contribution is -2.54. The number of aliphatic imine (C=N–C) groups is 1. The number of carbonyl (C=O) groups excluding carboxylic acids is 1. The summed E-state index contributed by atoms with van der Waals surface area (Å²) in [5, 5.41) is 6.03. The average Bonchev–Trinajstić information content (AvgIpc) is 3.30. The van der Waals surface area contributed by atoms with Gasteiger partial charge in [-0.15, -0.1) is 0 Å². The Labute approximate surface area is 173 Å². The molecular weight excluding hydrogens is 362 g/mol. The SMILES string of the molecule is CN=C(NCc1ccc2ccccc2c1)N1CCN(CC(=O)N2CCCC2)CC1. The number of nitrogens with zero attached hydrogens (tertiary/aromatic N) is 4. The summed E-state index contributed by atoms with van der Waals surface area (Å²) in [6, 6.07) is 15.0. The van der Waals surface area contributed by atoms with Crippen LogP contribution in [0.2, 0.25) is 0 Å². The molecule has 0 unspecified atom stereocenters. The van der Waals surface area contributed by atoms with Crippen molar-refractivity contribution < 1.29 is 4.79 Å². The fourth-order valence-electron chi connectivity index (χ4n) is 4.24. The van der Waals surface area contributed by atoms with Gasteiger partial charge >= 0.3 is 0 Å². The molecule has 0 aliphatic carbocycles. The van der Waals surface area contributed by atoms with Crippen molar-refractivity contribution >= 4 is 22.6 Å². The number of fused-ring (bicyclic) bond motifs is 1. The Balaban J connectivity index is 1.27. The summed E-state index contributed by atoms with van der Waals surface area (Å²) >= 11 is 0. The number of benzene rings is 2. The predicted molar refractivity (Wildman–Crippen MR) is 118 cm³/mol. The second-order valence-electron chi connectivity index (χ2n) is 7.93. The first-order chi connectivity index (χ1) is 14.2. The molecule has 1 amide bonds. The first-order valence-corrected chi connectivity index (χ1v) is 10.7. The minimum Gasteiger partial charge on any atom is -0.352 e. The normalized spacial score (nSPS) is 18.4. The zero-order valence-electron chi connectivity index (χ0n) is 17.3. The highest BCUT2D eigenvalue weighted by Gasteiger charge is 2.24. The van der Waals surface area contributed by atoms with Crippen LogP contribution in [0.5, 0.6) is 0 Å². The third-order valence-electron chi connectivity index (χ3n) is 5.97. The molecular formula is C23H31N5O. The molecule has 2 aromatic carbocycles. The van der Waals surface area contributed by atoms with Gasteiger partial charge in [0.25, 0.3) is 0 Å². The summed E-state index contributed by atoms with van der Waals surface area (Å²) in [4.78, 5) is 23.4. The Kier molecular flexibility index (Phi) is 6.30. The first-order valence-electron chi connectivity index (χ1n) is 10.7. The van der Waals surface area contributed by atoms with Gasteiger partial charge in [0.2, 0.25) is 5.91 Å². The molecule has 0 atom stereocenters. The number of hydrogen-bond donors (Lipinski definition) is 1. The van der Waals surface area contributed by atoms with E-state index < -0.39 is 0 Å². The third-order valence-corrected chi connectivity index (χ3v) is 5.97. The monoisotopic (exact) mass is 393 g/mol. The number of hydrogen-bond acceptors (Lipinski definition) is 3. The van der Waals surface area contributed by atoms with Crippen LogP contribution in [0.4, 0.5) is 0 Å². The fraction of sp³-hybridized carbons (Fsp3) is 0.478. The Morgan fingerprint density at radius 2 is 1.66 bits per heavy atom. The fourth-order valence-corrected chi connectivity index (χ4v) is 4.24. The Bertz CT molecular complexity index is 866. The quantitative estimate of drug-likeness (QED) is 0.639. The van der Waals surface area contributed by atoms with Crippen molar-refractivity contribution in [3.05, 3.63) is 48.0 Å². The number of amides is 1. The molecule has 154 valence electrons. The molecule has 29 heavy (non-hydrogen) atoms. The summed E-state index contributed by atoms with van der Waals surface area (Å²) in [5.41, 5.74) is 1.25. The van der Waals surface area contributed by atoms with E-state index in [2.05, 4.69) is 62.6 Å². The second kappa shape index (κ2) is 9.27. The standard InChI is InChI=1S/C23H31N5O/c1-24-23(25-17-19-8-9-20-6-2-3-7-21(20)16-19)28-14-12-26(13-15-28)18-22(29)27-10-4-5-11-27/h2-3,6-9,16H,4-5,10-15,17-18H2,1H3,(H,24,25). The number of guanidine groups is 1. The number of piperazine rings is 1. The second-order valence-corrected chi connectivity index (χ2v) is 7.93. The van der Waals surface area contributed by atoms with Gasteiger partial charge in [-0.1, -0.05) is 36.4 Å². The van der Waals surface area contributed by atoms with Crippen LogP contribution in [0.15, 0.2) is 47.5 Å². The van der Waals surface area contributed by atoms with E-state index in [1.54, 1.807) is 0 Å². The minimum atomic E-state index is 0.287. The molecule has 2 aliphatic heterocycles. The van der Waals surface area contributed by atoms with Crippen molar-refractivity contribution in [1.82, 2.24) is 20.0 Å². The van der Waals surface area contributed by atoms with E-state index in [4.69, 9.17) is 0 Å². The molecule has 2 aliphatic rings. The van der Waals surface area contributed by atoms with E-state index in [1.165, 1.54) is 16.3 Å². The maximum atomic E-state index is 12.4. The van der Waals surface area contributed by atoms with Crippen molar-refractivity contribution in [1.29, 1.82) is 0 Å². The van der Waals surface area contributed by atoms with Crippen LogP contribution in [0.25, 0.3) is 10.8 Å². The smallest absolute Gasteiger partial charge is 0.236 e. The molecule has 2 saturated heterocycles. The molecule has 2 heterocycles. The van der Waals surface area contributed by atoms with Crippen molar-refractivity contribution in [2.75, 3.05) is 52.9 Å². The molecule has 2 fully saturated rings. The number of nitrogens with one attached hydrogen (secondary N) is 1. The van der Waals surface area contributed by atoms with Gasteiger partial charge in [-0.25, -0.2) is 0 Å². The van der Waals surface area contributed by atoms with E-state index in [0.717, 1.165) is 64.6 Å². The van der Waals surface area contributed by atoms with Gasteiger partial charge in [0.15, 0.2) is 5.96 Å². The highest BCUT2D eigenvalue weighted by Crippen LogP contribution is 2.15. The Morgan fingerprint density at radius 1 is 0.931 bits per heavy atom. The molecule has 6 nitrogen and oxygen atoms in total. The predicted octanol–water partition coefficient (Wildman–Crippen LogP) is 2.16. The highest BCUT2D eigenvalue weighted by atomic mass is 16.2. The van der Waals surface area contributed by atoms with Gasteiger partial charge < -0.3 is 15.1 Å². The van der Waals surface area contributed by atoms with Crippen LogP contribution in [0.3, 0.4) is 0 Å². The van der Waals surface area contributed by atoms with Gasteiger partial charge in [0.05, 0.1) is 6.54 Å². The molecule has 1 N–H and O–H groups in total. The van der Waals surface area contributed by atoms with E-state index >= 15 is 0 Å². The van der Waals surface area contributed by atoms with E-state index in [9.17, 15) is 4.79 Å². The topological polar surface area (TPSA) is 51.2 Å². The van der Waals surface area contributed by atoms with Crippen LogP contribution >= 0.6 is 0 Å². The lowest BCUT2D eigenvalue weighted by Gasteiger charge is -2.36. The summed E-state index contributed by atoms with van der Waals surface area (Å²) in [6.07, 6.45) is 2.30. The van der Waals surface area contributed by atoms with E-state index in [1.807, 2.05) is 11.9 Å².